The van der Waals surface area contributed by atoms with Gasteiger partial charge >= 0.3 is 12.4 Å². The predicted octanol–water partition coefficient (Wildman–Crippen LogP) is 6.29. The van der Waals surface area contributed by atoms with Crippen molar-refractivity contribution in [3.8, 4) is 10.6 Å². The number of carbonyl (C=O) groups excluding carboxylic acids is 2. The van der Waals surface area contributed by atoms with Crippen LogP contribution in [0.5, 0.6) is 0 Å². The molecule has 0 saturated carbocycles. The highest BCUT2D eigenvalue weighted by molar-refractivity contribution is 7.18. The van der Waals surface area contributed by atoms with Crippen LogP contribution in [0.3, 0.4) is 0 Å². The summed E-state index contributed by atoms with van der Waals surface area (Å²) in [5, 5.41) is 13.4. The van der Waals surface area contributed by atoms with Crippen molar-refractivity contribution in [1.29, 1.82) is 0 Å². The van der Waals surface area contributed by atoms with Crippen molar-refractivity contribution in [3.63, 3.8) is 0 Å². The number of rotatable bonds is 8. The molecule has 4 rings (SSSR count). The molecule has 0 bridgehead atoms. The first kappa shape index (κ1) is 30.5. The smallest absolute Gasteiger partial charge is 0.378 e. The molecule has 0 spiro atoms. The number of hydrogen-bond acceptors (Lipinski definition) is 6. The first-order chi connectivity index (χ1) is 19.7. The van der Waals surface area contributed by atoms with Crippen LogP contribution in [0.2, 0.25) is 0 Å². The Morgan fingerprint density at radius 2 is 1.45 bits per heavy atom. The highest BCUT2D eigenvalue weighted by atomic mass is 32.1. The van der Waals surface area contributed by atoms with Gasteiger partial charge in [-0.3, -0.25) is 14.9 Å². The highest BCUT2D eigenvalue weighted by Gasteiger charge is 2.38. The third-order valence-corrected chi connectivity index (χ3v) is 6.93. The molecule has 14 heteroatoms. The van der Waals surface area contributed by atoms with E-state index in [-0.39, 0.29) is 17.6 Å². The molecule has 4 aromatic rings. The van der Waals surface area contributed by atoms with Crippen molar-refractivity contribution in [3.05, 3.63) is 95.1 Å². The average molecular weight is 608 g/mol. The Bertz CT molecular complexity index is 1520. The van der Waals surface area contributed by atoms with Gasteiger partial charge in [0.1, 0.15) is 11.0 Å². The summed E-state index contributed by atoms with van der Waals surface area (Å²) < 4.78 is 79.9. The van der Waals surface area contributed by atoms with Crippen LogP contribution in [0.25, 0.3) is 10.6 Å². The Hall–Kier alpha value is -4.46. The zero-order chi connectivity index (χ0) is 30.7. The van der Waals surface area contributed by atoms with Gasteiger partial charge in [0.05, 0.1) is 11.1 Å². The number of carbonyl (C=O) groups is 2. The summed E-state index contributed by atoms with van der Waals surface area (Å²) in [6.45, 7) is 0. The number of aromatic nitrogens is 2. The lowest BCUT2D eigenvalue weighted by Crippen LogP contribution is -2.45. The van der Waals surface area contributed by atoms with E-state index in [4.69, 9.17) is 0 Å². The monoisotopic (exact) mass is 607 g/mol. The van der Waals surface area contributed by atoms with Crippen LogP contribution in [0.4, 0.5) is 37.2 Å². The van der Waals surface area contributed by atoms with E-state index in [2.05, 4.69) is 20.8 Å². The third-order valence-electron chi connectivity index (χ3n) is 6.04. The summed E-state index contributed by atoms with van der Waals surface area (Å²) in [6.07, 6.45) is -10.4. The van der Waals surface area contributed by atoms with Gasteiger partial charge in [-0.1, -0.05) is 41.7 Å². The van der Waals surface area contributed by atoms with Crippen molar-refractivity contribution in [2.24, 2.45) is 0 Å². The average Bonchev–Trinajstić information content (AvgIpc) is 3.40. The zero-order valence-electron chi connectivity index (χ0n) is 22.0. The molecule has 1 unspecified atom stereocenters. The van der Waals surface area contributed by atoms with Gasteiger partial charge in [0, 0.05) is 37.3 Å². The second-order valence-electron chi connectivity index (χ2n) is 9.35. The largest absolute Gasteiger partial charge is 0.416 e. The normalized spacial score (nSPS) is 12.5. The molecule has 0 aliphatic rings. The quantitative estimate of drug-likeness (QED) is 0.230. The summed E-state index contributed by atoms with van der Waals surface area (Å²) in [4.78, 5) is 28.1. The third kappa shape index (κ3) is 7.63. The van der Waals surface area contributed by atoms with Crippen molar-refractivity contribution in [1.82, 2.24) is 15.5 Å². The van der Waals surface area contributed by atoms with Gasteiger partial charge in [0.2, 0.25) is 11.0 Å². The van der Waals surface area contributed by atoms with Crippen LogP contribution in [0.15, 0.2) is 72.8 Å². The summed E-state index contributed by atoms with van der Waals surface area (Å²) in [5.74, 6) is -2.08. The van der Waals surface area contributed by atoms with Gasteiger partial charge in [0.25, 0.3) is 5.91 Å². The molecular weight excluding hydrogens is 584 g/mol. The Morgan fingerprint density at radius 1 is 0.857 bits per heavy atom. The van der Waals surface area contributed by atoms with Crippen molar-refractivity contribution in [2.75, 3.05) is 24.3 Å². The van der Waals surface area contributed by atoms with Gasteiger partial charge in [-0.25, -0.2) is 0 Å². The van der Waals surface area contributed by atoms with Crippen LogP contribution >= 0.6 is 11.3 Å². The predicted molar refractivity (Wildman–Crippen MR) is 146 cm³/mol. The molecule has 0 aliphatic carbocycles. The maximum absolute atomic E-state index is 13.3. The number of amides is 2. The first-order valence-electron chi connectivity index (χ1n) is 12.3. The standard InChI is InChI=1S/C28H23F6N5O2S/c1-39(2)21-10-8-17(9-11-21)25-37-38-26(42-25)36-24(41)22(12-16-6-4-3-5-7-16)35-23(40)18-13-19(27(29,30)31)15-20(14-18)28(32,33)34/h3-11,13-15,22H,12H2,1-2H3,(H,35,40)(H,36,38,41). The lowest BCUT2D eigenvalue weighted by Gasteiger charge is -2.19. The molecule has 7 nitrogen and oxygen atoms in total. The maximum atomic E-state index is 13.3. The molecule has 42 heavy (non-hydrogen) atoms. The topological polar surface area (TPSA) is 87.2 Å². The second-order valence-corrected chi connectivity index (χ2v) is 10.3. The van der Waals surface area contributed by atoms with Crippen molar-refractivity contribution >= 4 is 34.0 Å². The number of halogens is 6. The fourth-order valence-electron chi connectivity index (χ4n) is 3.87. The lowest BCUT2D eigenvalue weighted by atomic mass is 10.0. The van der Waals surface area contributed by atoms with Crippen LogP contribution in [0.1, 0.15) is 27.0 Å². The number of alkyl halides is 6. The van der Waals surface area contributed by atoms with Crippen molar-refractivity contribution in [2.45, 2.75) is 24.8 Å². The van der Waals surface area contributed by atoms with E-state index in [1.165, 1.54) is 0 Å². The van der Waals surface area contributed by atoms with E-state index < -0.39 is 46.9 Å². The molecule has 220 valence electrons. The number of benzene rings is 3. The highest BCUT2D eigenvalue weighted by Crippen LogP contribution is 2.36. The van der Waals surface area contributed by atoms with Crippen LogP contribution in [-0.2, 0) is 23.6 Å². The molecule has 2 amide bonds. The van der Waals surface area contributed by atoms with Crippen LogP contribution in [-0.4, -0.2) is 42.1 Å². The van der Waals surface area contributed by atoms with E-state index in [0.29, 0.717) is 22.7 Å². The van der Waals surface area contributed by atoms with Gasteiger partial charge in [-0.2, -0.15) is 26.3 Å². The van der Waals surface area contributed by atoms with E-state index >= 15 is 0 Å². The summed E-state index contributed by atoms with van der Waals surface area (Å²) >= 11 is 1.05. The zero-order valence-corrected chi connectivity index (χ0v) is 22.9. The van der Waals surface area contributed by atoms with Crippen LogP contribution < -0.4 is 15.5 Å². The molecule has 0 saturated heterocycles. The van der Waals surface area contributed by atoms with Crippen LogP contribution in [0, 0.1) is 0 Å². The van der Waals surface area contributed by atoms with E-state index in [9.17, 15) is 35.9 Å². The number of nitrogens with one attached hydrogen (secondary N) is 2. The Kier molecular flexibility index (Phi) is 8.85. The second kappa shape index (κ2) is 12.2. The molecule has 0 fully saturated rings. The van der Waals surface area contributed by atoms with Gasteiger partial charge < -0.3 is 10.2 Å². The fourth-order valence-corrected chi connectivity index (χ4v) is 4.62. The maximum Gasteiger partial charge on any atom is 0.416 e. The van der Waals surface area contributed by atoms with Gasteiger partial charge in [-0.15, -0.1) is 10.2 Å². The number of hydrogen-bond donors (Lipinski definition) is 2. The SMILES string of the molecule is CN(C)c1ccc(-c2nnc(NC(=O)C(Cc3ccccc3)NC(=O)c3cc(C(F)(F)F)cc(C(F)(F)F)c3)s2)cc1. The Labute approximate surface area is 240 Å². The minimum absolute atomic E-state index is 0.0773. The minimum Gasteiger partial charge on any atom is -0.378 e. The fraction of sp³-hybridized carbons (Fsp3) is 0.214. The molecule has 0 aliphatic heterocycles. The molecule has 1 aromatic heterocycles. The van der Waals surface area contributed by atoms with E-state index in [0.717, 1.165) is 22.6 Å². The lowest BCUT2D eigenvalue weighted by molar-refractivity contribution is -0.143. The van der Waals surface area contributed by atoms with E-state index in [1.807, 2.05) is 43.3 Å². The number of nitrogens with zero attached hydrogens (tertiary/aromatic N) is 3. The van der Waals surface area contributed by atoms with Gasteiger partial charge in [0.15, 0.2) is 0 Å². The van der Waals surface area contributed by atoms with Crippen molar-refractivity contribution < 1.29 is 35.9 Å². The minimum atomic E-state index is -5.14. The molecule has 2 N–H and O–H groups in total. The summed E-state index contributed by atoms with van der Waals surface area (Å²) in [7, 11) is 3.78. The molecule has 1 heterocycles. The Balaban J connectivity index is 1.58. The summed E-state index contributed by atoms with van der Waals surface area (Å²) in [6, 6.07) is 14.9. The summed E-state index contributed by atoms with van der Waals surface area (Å²) in [5.41, 5.74) is -1.92. The van der Waals surface area contributed by atoms with E-state index in [1.54, 1.807) is 30.3 Å². The molecule has 0 radical (unpaired) electrons. The molecule has 1 atom stereocenters. The van der Waals surface area contributed by atoms with Gasteiger partial charge in [-0.05, 0) is 48.0 Å². The first-order valence-corrected chi connectivity index (χ1v) is 13.1. The molecular formula is C28H23F6N5O2S. The molecule has 3 aromatic carbocycles. The Morgan fingerprint density at radius 3 is 2.00 bits per heavy atom. The number of anilines is 2.